The van der Waals surface area contributed by atoms with Gasteiger partial charge >= 0.3 is 0 Å². The first-order chi connectivity index (χ1) is 12.1. The number of carbonyl (C=O) groups excluding carboxylic acids is 1. The molecule has 3 fully saturated rings. The van der Waals surface area contributed by atoms with Gasteiger partial charge in [-0.2, -0.15) is 0 Å². The van der Waals surface area contributed by atoms with Crippen LogP contribution < -0.4 is 5.32 Å². The Hall–Kier alpha value is -1.45. The molecule has 0 aromatic carbocycles. The number of hydrogen-bond donors (Lipinski definition) is 2. The Balaban J connectivity index is 1.42. The maximum Gasteiger partial charge on any atom is 0.219 e. The molecular formula is C17H25N3O5. The number of aliphatic hydroxyl groups excluding tert-OH is 1. The quantitative estimate of drug-likeness (QED) is 0.748. The molecular weight excluding hydrogens is 326 g/mol. The van der Waals surface area contributed by atoms with Gasteiger partial charge in [-0.05, 0) is 12.1 Å². The number of nitrogens with one attached hydrogen (secondary N) is 1. The van der Waals surface area contributed by atoms with Crippen LogP contribution in [-0.4, -0.2) is 84.2 Å². The lowest BCUT2D eigenvalue weighted by molar-refractivity contribution is -0.187. The van der Waals surface area contributed by atoms with Crippen LogP contribution in [0.3, 0.4) is 0 Å². The van der Waals surface area contributed by atoms with Crippen molar-refractivity contribution >= 4 is 5.91 Å². The molecule has 1 aromatic rings. The lowest BCUT2D eigenvalue weighted by Crippen LogP contribution is -2.66. The van der Waals surface area contributed by atoms with Gasteiger partial charge in [-0.1, -0.05) is 0 Å². The molecule has 4 heterocycles. The number of ether oxygens (including phenoxy) is 2. The molecule has 3 aliphatic heterocycles. The Morgan fingerprint density at radius 1 is 1.36 bits per heavy atom. The van der Waals surface area contributed by atoms with Crippen LogP contribution in [0.25, 0.3) is 0 Å². The van der Waals surface area contributed by atoms with Crippen LogP contribution in [0.1, 0.15) is 12.7 Å². The van der Waals surface area contributed by atoms with E-state index in [0.29, 0.717) is 39.3 Å². The molecule has 1 aromatic heterocycles. The van der Waals surface area contributed by atoms with Crippen LogP contribution in [0, 0.1) is 0 Å². The average molecular weight is 351 g/mol. The summed E-state index contributed by atoms with van der Waals surface area (Å²) < 4.78 is 17.1. The monoisotopic (exact) mass is 351 g/mol. The summed E-state index contributed by atoms with van der Waals surface area (Å²) in [5.74, 6) is 0.912. The van der Waals surface area contributed by atoms with Gasteiger partial charge in [0.2, 0.25) is 5.91 Å². The molecule has 8 heteroatoms. The first-order valence-electron chi connectivity index (χ1n) is 8.84. The lowest BCUT2D eigenvalue weighted by Gasteiger charge is -2.46. The summed E-state index contributed by atoms with van der Waals surface area (Å²) in [5.41, 5.74) is 0. The summed E-state index contributed by atoms with van der Waals surface area (Å²) in [6.45, 7) is 5.34. The van der Waals surface area contributed by atoms with E-state index in [1.807, 2.05) is 17.0 Å². The molecule has 0 saturated carbocycles. The predicted octanol–water partition coefficient (Wildman–Crippen LogP) is -0.613. The highest BCUT2D eigenvalue weighted by atomic mass is 16.7. The molecule has 1 amide bonds. The van der Waals surface area contributed by atoms with Crippen molar-refractivity contribution in [3.8, 4) is 0 Å². The predicted molar refractivity (Wildman–Crippen MR) is 87.6 cm³/mol. The van der Waals surface area contributed by atoms with Crippen LogP contribution >= 0.6 is 0 Å². The molecule has 4 rings (SSSR count). The van der Waals surface area contributed by atoms with Crippen molar-refractivity contribution in [3.63, 3.8) is 0 Å². The van der Waals surface area contributed by atoms with E-state index >= 15 is 0 Å². The highest BCUT2D eigenvalue weighted by Gasteiger charge is 2.52. The fraction of sp³-hybridized carbons (Fsp3) is 0.706. The summed E-state index contributed by atoms with van der Waals surface area (Å²) in [4.78, 5) is 15.5. The number of fused-ring (bicyclic) bond motifs is 2. The number of piperazine rings is 1. The smallest absolute Gasteiger partial charge is 0.219 e. The van der Waals surface area contributed by atoms with E-state index in [1.54, 1.807) is 13.2 Å². The minimum Gasteiger partial charge on any atom is -0.468 e. The summed E-state index contributed by atoms with van der Waals surface area (Å²) in [7, 11) is 0. The molecule has 25 heavy (non-hydrogen) atoms. The van der Waals surface area contributed by atoms with E-state index in [4.69, 9.17) is 13.9 Å². The van der Waals surface area contributed by atoms with Gasteiger partial charge in [-0.3, -0.25) is 9.69 Å². The van der Waals surface area contributed by atoms with Crippen LogP contribution in [0.4, 0.5) is 0 Å². The average Bonchev–Trinajstić information content (AvgIpc) is 3.26. The van der Waals surface area contributed by atoms with E-state index in [0.717, 1.165) is 5.76 Å². The Kier molecular flexibility index (Phi) is 4.79. The minimum absolute atomic E-state index is 0.0928. The molecule has 5 atom stereocenters. The van der Waals surface area contributed by atoms with Gasteiger partial charge in [0.25, 0.3) is 0 Å². The maximum absolute atomic E-state index is 11.5. The van der Waals surface area contributed by atoms with Crippen LogP contribution in [0.2, 0.25) is 0 Å². The Morgan fingerprint density at radius 3 is 2.84 bits per heavy atom. The van der Waals surface area contributed by atoms with E-state index < -0.39 is 12.4 Å². The first kappa shape index (κ1) is 17.0. The van der Waals surface area contributed by atoms with Gasteiger partial charge in [-0.25, -0.2) is 0 Å². The highest BCUT2D eigenvalue weighted by Crippen LogP contribution is 2.32. The largest absolute Gasteiger partial charge is 0.468 e. The highest BCUT2D eigenvalue weighted by molar-refractivity contribution is 5.73. The zero-order chi connectivity index (χ0) is 17.4. The number of amides is 1. The van der Waals surface area contributed by atoms with Gasteiger partial charge in [0.1, 0.15) is 11.9 Å². The lowest BCUT2D eigenvalue weighted by atomic mass is 9.94. The van der Waals surface area contributed by atoms with Crippen LogP contribution in [0.15, 0.2) is 22.8 Å². The van der Waals surface area contributed by atoms with Crippen molar-refractivity contribution in [3.05, 3.63) is 24.2 Å². The third kappa shape index (κ3) is 3.32. The first-order valence-corrected chi connectivity index (χ1v) is 8.84. The number of carbonyl (C=O) groups is 1. The molecule has 3 aliphatic rings. The molecule has 2 bridgehead atoms. The number of hydrogen-bond acceptors (Lipinski definition) is 7. The van der Waals surface area contributed by atoms with E-state index in [9.17, 15) is 9.90 Å². The van der Waals surface area contributed by atoms with E-state index in [1.165, 1.54) is 0 Å². The second-order valence-corrected chi connectivity index (χ2v) is 6.89. The summed E-state index contributed by atoms with van der Waals surface area (Å²) >= 11 is 0. The van der Waals surface area contributed by atoms with Crippen molar-refractivity contribution < 1.29 is 23.8 Å². The van der Waals surface area contributed by atoms with Gasteiger partial charge in [0.05, 0.1) is 37.6 Å². The summed E-state index contributed by atoms with van der Waals surface area (Å²) in [6.07, 6.45) is 0.456. The molecule has 3 saturated heterocycles. The molecule has 138 valence electrons. The molecule has 0 aliphatic carbocycles. The number of aliphatic hydroxyl groups is 1. The number of nitrogens with zero attached hydrogens (tertiary/aromatic N) is 2. The van der Waals surface area contributed by atoms with Crippen molar-refractivity contribution in [1.82, 2.24) is 15.1 Å². The fourth-order valence-electron chi connectivity index (χ4n) is 4.01. The standard InChI is InChI=1S/C17H25N3O5/c1-11(21)19-4-6-20(7-5-19)15-16(22)14(13-10-24-17(15)25-13)18-9-12-3-2-8-23-12/h2-3,8,13-18,22H,4-7,9-10H2,1H3/t13-,14-,15-,16+,17-/m1/s1. The van der Waals surface area contributed by atoms with Gasteiger partial charge in [0, 0.05) is 33.1 Å². The van der Waals surface area contributed by atoms with Crippen LogP contribution in [0.5, 0.6) is 0 Å². The summed E-state index contributed by atoms with van der Waals surface area (Å²) in [6, 6.07) is 3.29. The van der Waals surface area contributed by atoms with Crippen molar-refractivity contribution in [1.29, 1.82) is 0 Å². The van der Waals surface area contributed by atoms with Crippen LogP contribution in [-0.2, 0) is 20.8 Å². The second kappa shape index (κ2) is 7.05. The van der Waals surface area contributed by atoms with Crippen molar-refractivity contribution in [2.45, 2.75) is 44.1 Å². The SMILES string of the molecule is CC(=O)N1CCN([C@H]2[C@@H]3OC[C@@H](O3)[C@@H](NCc3ccco3)[C@@H]2O)CC1. The number of furan rings is 1. The Bertz CT molecular complexity index is 587. The van der Waals surface area contributed by atoms with Crippen molar-refractivity contribution in [2.24, 2.45) is 0 Å². The molecule has 8 nitrogen and oxygen atoms in total. The van der Waals surface area contributed by atoms with E-state index in [2.05, 4.69) is 10.2 Å². The molecule has 0 radical (unpaired) electrons. The zero-order valence-electron chi connectivity index (χ0n) is 14.3. The summed E-state index contributed by atoms with van der Waals surface area (Å²) in [5, 5.41) is 14.3. The fourth-order valence-corrected chi connectivity index (χ4v) is 4.01. The third-order valence-electron chi connectivity index (χ3n) is 5.40. The normalized spacial score (nSPS) is 35.9. The second-order valence-electron chi connectivity index (χ2n) is 6.89. The Labute approximate surface area is 146 Å². The molecule has 2 N–H and O–H groups in total. The Morgan fingerprint density at radius 2 is 2.16 bits per heavy atom. The molecule has 0 spiro atoms. The maximum atomic E-state index is 11.5. The van der Waals surface area contributed by atoms with E-state index in [-0.39, 0.29) is 24.1 Å². The van der Waals surface area contributed by atoms with Gasteiger partial charge < -0.3 is 29.2 Å². The third-order valence-corrected chi connectivity index (χ3v) is 5.40. The molecule has 0 unspecified atom stereocenters. The minimum atomic E-state index is -0.606. The zero-order valence-corrected chi connectivity index (χ0v) is 14.3. The van der Waals surface area contributed by atoms with Gasteiger partial charge in [0.15, 0.2) is 6.29 Å². The topological polar surface area (TPSA) is 87.4 Å². The number of rotatable bonds is 4. The van der Waals surface area contributed by atoms with Gasteiger partial charge in [-0.15, -0.1) is 0 Å². The van der Waals surface area contributed by atoms with Crippen molar-refractivity contribution in [2.75, 3.05) is 32.8 Å².